The maximum absolute atomic E-state index is 13.7. The maximum atomic E-state index is 13.7. The van der Waals surface area contributed by atoms with E-state index in [4.69, 9.17) is 4.98 Å². The zero-order valence-electron chi connectivity index (χ0n) is 19.9. The zero-order chi connectivity index (χ0) is 24.6. The average Bonchev–Trinajstić information content (AvgIpc) is 3.38. The molecule has 1 fully saturated rings. The Hall–Kier alpha value is -4.03. The van der Waals surface area contributed by atoms with Crippen LogP contribution in [-0.2, 0) is 4.79 Å². The van der Waals surface area contributed by atoms with Crippen LogP contribution in [0.5, 0.6) is 0 Å². The Balaban J connectivity index is 1.44. The molecule has 1 amide bonds. The summed E-state index contributed by atoms with van der Waals surface area (Å²) in [4.78, 5) is 27.2. The van der Waals surface area contributed by atoms with E-state index in [2.05, 4.69) is 25.6 Å². The predicted molar refractivity (Wildman–Crippen MR) is 142 cm³/mol. The van der Waals surface area contributed by atoms with Gasteiger partial charge >= 0.3 is 0 Å². The van der Waals surface area contributed by atoms with Crippen LogP contribution in [0.3, 0.4) is 0 Å². The third kappa shape index (κ3) is 3.93. The molecule has 4 aromatic rings. The molecule has 0 spiro atoms. The number of aromatic nitrogens is 3. The van der Waals surface area contributed by atoms with Gasteiger partial charge in [-0.3, -0.25) is 9.69 Å². The molecule has 3 heterocycles. The molecule has 2 aromatic heterocycles. The minimum Gasteiger partial charge on any atom is -0.340 e. The highest BCUT2D eigenvalue weighted by molar-refractivity contribution is 7.13. The fraction of sp³-hybridized carbons (Fsp3) is 0.296. The van der Waals surface area contributed by atoms with Crippen molar-refractivity contribution in [1.82, 2.24) is 14.3 Å². The third-order valence-corrected chi connectivity index (χ3v) is 7.82. The summed E-state index contributed by atoms with van der Waals surface area (Å²) in [5.74, 6) is 1.18. The first-order valence-corrected chi connectivity index (χ1v) is 13.0. The van der Waals surface area contributed by atoms with Crippen LogP contribution in [-0.4, -0.2) is 32.3 Å². The number of fused-ring (bicyclic) bond motifs is 2. The summed E-state index contributed by atoms with van der Waals surface area (Å²) in [6.45, 7) is 1.95. The highest BCUT2D eigenvalue weighted by atomic mass is 32.1. The molecule has 0 bridgehead atoms. The molecule has 8 nitrogen and oxygen atoms in total. The van der Waals surface area contributed by atoms with Gasteiger partial charge in [-0.15, -0.1) is 0 Å². The number of rotatable bonds is 4. The second-order valence-corrected chi connectivity index (χ2v) is 10.1. The quantitative estimate of drug-likeness (QED) is 0.376. The van der Waals surface area contributed by atoms with E-state index in [0.29, 0.717) is 22.9 Å². The largest absolute Gasteiger partial charge is 0.340 e. The predicted octanol–water partition coefficient (Wildman–Crippen LogP) is 5.91. The molecule has 1 N–H and O–H groups in total. The van der Waals surface area contributed by atoms with E-state index in [1.54, 1.807) is 29.3 Å². The van der Waals surface area contributed by atoms with Gasteiger partial charge < -0.3 is 10.2 Å². The van der Waals surface area contributed by atoms with E-state index in [1.165, 1.54) is 18.0 Å². The summed E-state index contributed by atoms with van der Waals surface area (Å²) in [5, 5.41) is 13.8. The number of hydrogen-bond donors (Lipinski definition) is 1. The Morgan fingerprint density at radius 3 is 2.81 bits per heavy atom. The minimum absolute atomic E-state index is 0.0390. The van der Waals surface area contributed by atoms with Crippen molar-refractivity contribution in [2.45, 2.75) is 51.1 Å². The molecule has 1 saturated carbocycles. The molecular formula is C27H25N7OS. The van der Waals surface area contributed by atoms with Gasteiger partial charge in [0.25, 0.3) is 5.91 Å². The van der Waals surface area contributed by atoms with E-state index < -0.39 is 0 Å². The number of nitrogens with one attached hydrogen (secondary N) is 1. The van der Waals surface area contributed by atoms with E-state index in [9.17, 15) is 10.1 Å². The van der Waals surface area contributed by atoms with Crippen molar-refractivity contribution in [3.05, 3.63) is 60.4 Å². The van der Waals surface area contributed by atoms with Gasteiger partial charge in [-0.1, -0.05) is 25.3 Å². The smallest absolute Gasteiger partial charge is 0.254 e. The topological polar surface area (TPSA) is 98.0 Å². The summed E-state index contributed by atoms with van der Waals surface area (Å²) in [6.07, 6.45) is 9.17. The first-order chi connectivity index (χ1) is 17.6. The molecule has 1 aliphatic heterocycles. The SMILES string of the molecule is C[C@@H]1C(=O)N(c2cccc(C#N)c2)c2cnc(Nc3ccc4sncc4c3)nc2N1C1CCCCC1. The molecule has 0 unspecified atom stereocenters. The number of anilines is 5. The van der Waals surface area contributed by atoms with Crippen LogP contribution in [0.2, 0.25) is 0 Å². The monoisotopic (exact) mass is 495 g/mol. The minimum atomic E-state index is -0.387. The van der Waals surface area contributed by atoms with Crippen LogP contribution >= 0.6 is 11.5 Å². The summed E-state index contributed by atoms with van der Waals surface area (Å²) in [6, 6.07) is 15.2. The number of nitrogens with zero attached hydrogens (tertiary/aromatic N) is 6. The number of amides is 1. The lowest BCUT2D eigenvalue weighted by Gasteiger charge is -2.45. The van der Waals surface area contributed by atoms with Crippen molar-refractivity contribution >= 4 is 56.4 Å². The number of carbonyl (C=O) groups is 1. The lowest BCUT2D eigenvalue weighted by atomic mass is 9.92. The van der Waals surface area contributed by atoms with Crippen molar-refractivity contribution in [3.63, 3.8) is 0 Å². The Morgan fingerprint density at radius 2 is 1.97 bits per heavy atom. The van der Waals surface area contributed by atoms with Gasteiger partial charge in [0.1, 0.15) is 11.7 Å². The molecular weight excluding hydrogens is 470 g/mol. The summed E-state index contributed by atoms with van der Waals surface area (Å²) in [5.41, 5.74) is 2.67. The molecule has 1 aliphatic carbocycles. The molecule has 0 saturated heterocycles. The van der Waals surface area contributed by atoms with E-state index in [0.717, 1.165) is 47.3 Å². The van der Waals surface area contributed by atoms with Crippen molar-refractivity contribution in [2.75, 3.05) is 15.1 Å². The highest BCUT2D eigenvalue weighted by Gasteiger charge is 2.41. The fourth-order valence-electron chi connectivity index (χ4n) is 5.29. The molecule has 180 valence electrons. The van der Waals surface area contributed by atoms with Crippen LogP contribution in [0.25, 0.3) is 10.1 Å². The normalized spacial score (nSPS) is 18.2. The van der Waals surface area contributed by atoms with E-state index >= 15 is 0 Å². The standard InChI is InChI=1S/C27H25N7OS/c1-17-26(35)34(22-9-5-6-18(12-22)14-28)23-16-29-27(31-20-10-11-24-19(13-20)15-30-36-24)32-25(23)33(17)21-7-3-2-4-8-21/h5-6,9-13,15-17,21H,2-4,7-8H2,1H3,(H,29,31,32)/t17-/m1/s1. The lowest BCUT2D eigenvalue weighted by Crippen LogP contribution is -2.55. The number of nitriles is 1. The van der Waals surface area contributed by atoms with Gasteiger partial charge in [0, 0.05) is 23.3 Å². The highest BCUT2D eigenvalue weighted by Crippen LogP contribution is 2.42. The van der Waals surface area contributed by atoms with Gasteiger partial charge in [0.15, 0.2) is 5.82 Å². The van der Waals surface area contributed by atoms with Crippen LogP contribution in [0.1, 0.15) is 44.6 Å². The van der Waals surface area contributed by atoms with Gasteiger partial charge in [-0.05, 0) is 67.7 Å². The maximum Gasteiger partial charge on any atom is 0.254 e. The number of hydrogen-bond acceptors (Lipinski definition) is 8. The molecule has 1 atom stereocenters. The lowest BCUT2D eigenvalue weighted by molar-refractivity contribution is -0.119. The zero-order valence-corrected chi connectivity index (χ0v) is 20.7. The number of benzene rings is 2. The number of carbonyl (C=O) groups excluding carboxylic acids is 1. The van der Waals surface area contributed by atoms with Crippen molar-refractivity contribution in [1.29, 1.82) is 5.26 Å². The van der Waals surface area contributed by atoms with Gasteiger partial charge in [-0.2, -0.15) is 14.6 Å². The fourth-order valence-corrected chi connectivity index (χ4v) is 5.92. The molecule has 2 aliphatic rings. The first-order valence-electron chi connectivity index (χ1n) is 12.2. The molecule has 36 heavy (non-hydrogen) atoms. The van der Waals surface area contributed by atoms with Crippen molar-refractivity contribution < 1.29 is 4.79 Å². The van der Waals surface area contributed by atoms with E-state index in [-0.39, 0.29) is 18.0 Å². The van der Waals surface area contributed by atoms with Gasteiger partial charge in [0.2, 0.25) is 5.95 Å². The third-order valence-electron chi connectivity index (χ3n) is 7.04. The van der Waals surface area contributed by atoms with Gasteiger partial charge in [0.05, 0.1) is 28.2 Å². The molecule has 6 rings (SSSR count). The Labute approximate surface area is 213 Å². The molecule has 9 heteroatoms. The van der Waals surface area contributed by atoms with Crippen LogP contribution < -0.4 is 15.1 Å². The van der Waals surface area contributed by atoms with Crippen molar-refractivity contribution in [3.8, 4) is 6.07 Å². The average molecular weight is 496 g/mol. The Bertz CT molecular complexity index is 1490. The molecule has 2 aromatic carbocycles. The van der Waals surface area contributed by atoms with Crippen LogP contribution in [0, 0.1) is 11.3 Å². The van der Waals surface area contributed by atoms with E-state index in [1.807, 2.05) is 37.4 Å². The second kappa shape index (κ2) is 9.21. The summed E-state index contributed by atoms with van der Waals surface area (Å²) < 4.78 is 5.38. The Morgan fingerprint density at radius 1 is 1.11 bits per heavy atom. The molecule has 0 radical (unpaired) electrons. The van der Waals surface area contributed by atoms with Crippen molar-refractivity contribution in [2.24, 2.45) is 0 Å². The van der Waals surface area contributed by atoms with Gasteiger partial charge in [-0.25, -0.2) is 4.98 Å². The summed E-state index contributed by atoms with van der Waals surface area (Å²) in [7, 11) is 0. The summed E-state index contributed by atoms with van der Waals surface area (Å²) >= 11 is 1.46. The van der Waals surface area contributed by atoms with Crippen LogP contribution in [0.15, 0.2) is 54.9 Å². The first kappa shape index (κ1) is 22.4. The second-order valence-electron chi connectivity index (χ2n) is 9.32. The Kier molecular flexibility index (Phi) is 5.74. The van der Waals surface area contributed by atoms with Crippen LogP contribution in [0.4, 0.5) is 28.8 Å².